The Hall–Kier alpha value is -1.61. The molecule has 0 radical (unpaired) electrons. The molecule has 6 nitrogen and oxygen atoms in total. The fourth-order valence-electron chi connectivity index (χ4n) is 3.32. The molecule has 0 spiro atoms. The van der Waals surface area contributed by atoms with Crippen LogP contribution in [0, 0.1) is 0 Å². The molecular weight excluding hydrogens is 468 g/mol. The van der Waals surface area contributed by atoms with E-state index in [9.17, 15) is 13.2 Å². The average Bonchev–Trinajstić information content (AvgIpc) is 2.96. The topological polar surface area (TPSA) is 66.9 Å². The molecule has 28 heavy (non-hydrogen) atoms. The van der Waals surface area contributed by atoms with Crippen LogP contribution in [0.25, 0.3) is 0 Å². The number of halogens is 2. The highest BCUT2D eigenvalue weighted by atomic mass is 79.9. The number of fused-ring (bicyclic) bond motifs is 1. The van der Waals surface area contributed by atoms with Crippen molar-refractivity contribution in [2.24, 2.45) is 0 Å². The van der Waals surface area contributed by atoms with Crippen molar-refractivity contribution >= 4 is 49.1 Å². The lowest BCUT2D eigenvalue weighted by atomic mass is 10.1. The van der Waals surface area contributed by atoms with E-state index in [4.69, 9.17) is 16.3 Å². The summed E-state index contributed by atoms with van der Waals surface area (Å²) in [6.07, 6.45) is 0.727. The summed E-state index contributed by atoms with van der Waals surface area (Å²) >= 11 is 9.49. The first-order chi connectivity index (χ1) is 13.1. The number of likely N-dealkylation sites (N-methyl/N-ethyl adjacent to an activating group) is 1. The second kappa shape index (κ2) is 8.02. The number of ether oxygens (including phenoxy) is 1. The fraction of sp³-hybridized carbons (Fsp3) is 0.316. The summed E-state index contributed by atoms with van der Waals surface area (Å²) < 4.78 is 32.8. The molecule has 1 aliphatic heterocycles. The van der Waals surface area contributed by atoms with Crippen LogP contribution in [-0.4, -0.2) is 45.4 Å². The minimum atomic E-state index is -3.87. The summed E-state index contributed by atoms with van der Waals surface area (Å²) in [6.45, 7) is 1.68. The van der Waals surface area contributed by atoms with Gasteiger partial charge < -0.3 is 9.64 Å². The van der Waals surface area contributed by atoms with Crippen molar-refractivity contribution in [2.75, 3.05) is 25.6 Å². The van der Waals surface area contributed by atoms with E-state index in [2.05, 4.69) is 15.9 Å². The van der Waals surface area contributed by atoms with Gasteiger partial charge in [-0.3, -0.25) is 4.79 Å². The highest BCUT2D eigenvalue weighted by Gasteiger charge is 2.33. The van der Waals surface area contributed by atoms with Crippen molar-refractivity contribution in [3.8, 4) is 5.75 Å². The number of nitrogens with zero attached hydrogens (tertiary/aromatic N) is 2. The molecule has 0 unspecified atom stereocenters. The summed E-state index contributed by atoms with van der Waals surface area (Å²) in [5.74, 6) is 0.104. The van der Waals surface area contributed by atoms with E-state index < -0.39 is 10.0 Å². The van der Waals surface area contributed by atoms with E-state index in [1.165, 1.54) is 32.4 Å². The number of rotatable bonds is 5. The van der Waals surface area contributed by atoms with Gasteiger partial charge in [-0.15, -0.1) is 0 Å². The molecule has 150 valence electrons. The SMILES string of the molecule is COc1ccc(S(=O)(=O)N(C)CC(=O)N2c3ccc(Br)cc3C[C@@H]2C)cc1Cl. The van der Waals surface area contributed by atoms with Gasteiger partial charge in [-0.05, 0) is 55.3 Å². The first-order valence-corrected chi connectivity index (χ1v) is 11.2. The maximum Gasteiger partial charge on any atom is 0.243 e. The monoisotopic (exact) mass is 486 g/mol. The summed E-state index contributed by atoms with van der Waals surface area (Å²) in [6, 6.07) is 9.91. The molecule has 1 aliphatic rings. The van der Waals surface area contributed by atoms with Gasteiger partial charge in [0.05, 0.1) is 23.6 Å². The Morgan fingerprint density at radius 1 is 1.32 bits per heavy atom. The first kappa shape index (κ1) is 21.1. The Kier molecular flexibility index (Phi) is 6.05. The number of benzene rings is 2. The second-order valence-electron chi connectivity index (χ2n) is 6.65. The lowest BCUT2D eigenvalue weighted by Gasteiger charge is -2.25. The van der Waals surface area contributed by atoms with Crippen LogP contribution in [0.5, 0.6) is 5.75 Å². The first-order valence-electron chi connectivity index (χ1n) is 8.55. The molecule has 1 heterocycles. The van der Waals surface area contributed by atoms with Gasteiger partial charge in [-0.2, -0.15) is 4.31 Å². The third kappa shape index (κ3) is 3.91. The van der Waals surface area contributed by atoms with Crippen LogP contribution in [-0.2, 0) is 21.2 Å². The van der Waals surface area contributed by atoms with Gasteiger partial charge in [-0.25, -0.2) is 8.42 Å². The van der Waals surface area contributed by atoms with Crippen molar-refractivity contribution in [1.29, 1.82) is 0 Å². The largest absolute Gasteiger partial charge is 0.495 e. The average molecular weight is 488 g/mol. The molecule has 1 amide bonds. The normalized spacial score (nSPS) is 16.4. The molecular formula is C19H20BrClN2O4S. The predicted molar refractivity (Wildman–Crippen MR) is 113 cm³/mol. The van der Waals surface area contributed by atoms with E-state index in [0.717, 1.165) is 26.4 Å². The van der Waals surface area contributed by atoms with Crippen molar-refractivity contribution in [2.45, 2.75) is 24.3 Å². The minimum absolute atomic E-state index is 0.00685. The van der Waals surface area contributed by atoms with Crippen molar-refractivity contribution in [1.82, 2.24) is 4.31 Å². The predicted octanol–water partition coefficient (Wildman–Crippen LogP) is 3.71. The highest BCUT2D eigenvalue weighted by molar-refractivity contribution is 9.10. The van der Waals surface area contributed by atoms with Crippen LogP contribution in [0.4, 0.5) is 5.69 Å². The fourth-order valence-corrected chi connectivity index (χ4v) is 5.20. The zero-order chi connectivity index (χ0) is 20.6. The molecule has 0 aromatic heterocycles. The number of carbonyl (C=O) groups excluding carboxylic acids is 1. The standard InChI is InChI=1S/C19H20BrClN2O4S/c1-12-8-13-9-14(20)4-6-17(13)23(12)19(24)11-22(2)28(25,26)15-5-7-18(27-3)16(21)10-15/h4-7,9-10,12H,8,11H2,1-3H3/t12-/m0/s1. The van der Waals surface area contributed by atoms with Gasteiger partial charge in [0.1, 0.15) is 5.75 Å². The molecule has 2 aromatic carbocycles. The number of carbonyl (C=O) groups is 1. The Balaban J connectivity index is 1.82. The van der Waals surface area contributed by atoms with E-state index in [0.29, 0.717) is 5.75 Å². The summed E-state index contributed by atoms with van der Waals surface area (Å²) in [5.41, 5.74) is 1.88. The molecule has 0 aliphatic carbocycles. The zero-order valence-corrected chi connectivity index (χ0v) is 18.8. The second-order valence-corrected chi connectivity index (χ2v) is 10.0. The number of hydrogen-bond acceptors (Lipinski definition) is 4. The van der Waals surface area contributed by atoms with E-state index in [-0.39, 0.29) is 28.4 Å². The number of sulfonamides is 1. The van der Waals surface area contributed by atoms with Gasteiger partial charge >= 0.3 is 0 Å². The third-order valence-electron chi connectivity index (χ3n) is 4.72. The Bertz CT molecular complexity index is 1030. The van der Waals surface area contributed by atoms with Gasteiger partial charge in [0.15, 0.2) is 0 Å². The summed E-state index contributed by atoms with van der Waals surface area (Å²) in [7, 11) is -1.04. The maximum absolute atomic E-state index is 12.9. The Morgan fingerprint density at radius 2 is 2.04 bits per heavy atom. The van der Waals surface area contributed by atoms with Crippen molar-refractivity contribution < 1.29 is 17.9 Å². The number of amides is 1. The van der Waals surface area contributed by atoms with Crippen LogP contribution >= 0.6 is 27.5 Å². The molecule has 0 saturated heterocycles. The molecule has 3 rings (SSSR count). The molecule has 0 N–H and O–H groups in total. The highest BCUT2D eigenvalue weighted by Crippen LogP contribution is 2.34. The smallest absolute Gasteiger partial charge is 0.243 e. The number of hydrogen-bond donors (Lipinski definition) is 0. The van der Waals surface area contributed by atoms with Gasteiger partial charge in [-0.1, -0.05) is 27.5 Å². The third-order valence-corrected chi connectivity index (χ3v) is 7.30. The van der Waals surface area contributed by atoms with Gasteiger partial charge in [0.2, 0.25) is 15.9 Å². The molecule has 9 heteroatoms. The van der Waals surface area contributed by atoms with Gasteiger partial charge in [0.25, 0.3) is 0 Å². The van der Waals surface area contributed by atoms with Crippen LogP contribution in [0.2, 0.25) is 5.02 Å². The molecule has 2 aromatic rings. The molecule has 0 fully saturated rings. The Morgan fingerprint density at radius 3 is 2.68 bits per heavy atom. The summed E-state index contributed by atoms with van der Waals surface area (Å²) in [5, 5.41) is 0.191. The van der Waals surface area contributed by atoms with Gasteiger partial charge in [0, 0.05) is 23.2 Å². The van der Waals surface area contributed by atoms with Crippen LogP contribution in [0.15, 0.2) is 45.8 Å². The lowest BCUT2D eigenvalue weighted by Crippen LogP contribution is -2.43. The Labute approximate surface area is 178 Å². The van der Waals surface area contributed by atoms with Crippen LogP contribution < -0.4 is 9.64 Å². The van der Waals surface area contributed by atoms with E-state index in [1.807, 2.05) is 25.1 Å². The summed E-state index contributed by atoms with van der Waals surface area (Å²) in [4.78, 5) is 14.6. The molecule has 0 saturated carbocycles. The molecule has 0 bridgehead atoms. The maximum atomic E-state index is 12.9. The van der Waals surface area contributed by atoms with E-state index >= 15 is 0 Å². The minimum Gasteiger partial charge on any atom is -0.495 e. The van der Waals surface area contributed by atoms with Crippen LogP contribution in [0.3, 0.4) is 0 Å². The number of anilines is 1. The van der Waals surface area contributed by atoms with Crippen molar-refractivity contribution in [3.63, 3.8) is 0 Å². The van der Waals surface area contributed by atoms with E-state index in [1.54, 1.807) is 4.90 Å². The van der Waals surface area contributed by atoms with Crippen LogP contribution in [0.1, 0.15) is 12.5 Å². The van der Waals surface area contributed by atoms with Crippen molar-refractivity contribution in [3.05, 3.63) is 51.5 Å². The molecule has 1 atom stereocenters. The number of methoxy groups -OCH3 is 1. The quantitative estimate of drug-likeness (QED) is 0.645. The lowest BCUT2D eigenvalue weighted by molar-refractivity contribution is -0.118. The zero-order valence-electron chi connectivity index (χ0n) is 15.6.